The molecule has 0 aliphatic heterocycles. The molecule has 0 saturated heterocycles. The van der Waals surface area contributed by atoms with E-state index in [0.29, 0.717) is 11.5 Å². The molecule has 0 amide bonds. The van der Waals surface area contributed by atoms with Crippen LogP contribution in [0.1, 0.15) is 52.7 Å². The maximum absolute atomic E-state index is 12.2. The largest absolute Gasteiger partial charge is 0.519 e. The van der Waals surface area contributed by atoms with Crippen molar-refractivity contribution in [3.05, 3.63) is 59.7 Å². The molecule has 3 nitrogen and oxygen atoms in total. The molecular formula is C21H26O3. The number of benzene rings is 2. The monoisotopic (exact) mass is 326 g/mol. The quantitative estimate of drug-likeness (QED) is 0.512. The lowest BCUT2D eigenvalue weighted by Gasteiger charge is -2.31. The molecule has 0 aliphatic carbocycles. The highest BCUT2D eigenvalue weighted by atomic mass is 16.7. The molecule has 0 saturated carbocycles. The van der Waals surface area contributed by atoms with Crippen molar-refractivity contribution in [2.45, 2.75) is 52.4 Å². The van der Waals surface area contributed by atoms with Crippen LogP contribution in [0.25, 0.3) is 0 Å². The molecule has 2 rings (SSSR count). The molecule has 0 spiro atoms. The van der Waals surface area contributed by atoms with Gasteiger partial charge in [-0.05, 0) is 34.6 Å². The van der Waals surface area contributed by atoms with Gasteiger partial charge in [-0.3, -0.25) is 0 Å². The van der Waals surface area contributed by atoms with Crippen LogP contribution in [0.2, 0.25) is 0 Å². The van der Waals surface area contributed by atoms with Crippen molar-refractivity contribution >= 4 is 6.16 Å². The van der Waals surface area contributed by atoms with Gasteiger partial charge >= 0.3 is 6.16 Å². The van der Waals surface area contributed by atoms with Crippen molar-refractivity contribution in [2.75, 3.05) is 0 Å². The highest BCUT2D eigenvalue weighted by molar-refractivity contribution is 5.68. The second kappa shape index (κ2) is 6.68. The van der Waals surface area contributed by atoms with Crippen LogP contribution < -0.4 is 9.47 Å². The number of carbonyl (C=O) groups is 1. The van der Waals surface area contributed by atoms with Gasteiger partial charge in [-0.1, -0.05) is 71.9 Å². The Morgan fingerprint density at radius 2 is 1.38 bits per heavy atom. The summed E-state index contributed by atoms with van der Waals surface area (Å²) in [6, 6.07) is 14.8. The molecule has 0 radical (unpaired) electrons. The zero-order valence-electron chi connectivity index (χ0n) is 15.3. The van der Waals surface area contributed by atoms with Gasteiger partial charge in [0, 0.05) is 5.56 Å². The van der Waals surface area contributed by atoms with E-state index >= 15 is 0 Å². The van der Waals surface area contributed by atoms with Gasteiger partial charge in [-0.25, -0.2) is 4.79 Å². The van der Waals surface area contributed by atoms with Crippen LogP contribution in [-0.4, -0.2) is 6.16 Å². The standard InChI is InChI=1S/C21H26O3/c1-20(2,3)16-13-10-14-17(18(16)21(4,5)6)24-19(22)23-15-11-8-7-9-12-15/h7-14H,1-6H3. The molecule has 0 atom stereocenters. The van der Waals surface area contributed by atoms with Gasteiger partial charge in [0.05, 0.1) is 0 Å². The molecule has 0 aromatic heterocycles. The molecule has 0 aliphatic rings. The first-order valence-electron chi connectivity index (χ1n) is 8.18. The third-order valence-corrected chi connectivity index (χ3v) is 3.72. The van der Waals surface area contributed by atoms with Crippen LogP contribution in [0.5, 0.6) is 11.5 Å². The molecule has 0 fully saturated rings. The lowest BCUT2D eigenvalue weighted by atomic mass is 9.75. The predicted octanol–water partition coefficient (Wildman–Crippen LogP) is 5.86. The van der Waals surface area contributed by atoms with Crippen molar-refractivity contribution in [3.8, 4) is 11.5 Å². The average molecular weight is 326 g/mol. The van der Waals surface area contributed by atoms with Gasteiger partial charge in [0.2, 0.25) is 0 Å². The van der Waals surface area contributed by atoms with Gasteiger partial charge in [0.25, 0.3) is 0 Å². The fourth-order valence-electron chi connectivity index (χ4n) is 2.71. The van der Waals surface area contributed by atoms with E-state index in [2.05, 4.69) is 47.6 Å². The van der Waals surface area contributed by atoms with Crippen molar-refractivity contribution in [3.63, 3.8) is 0 Å². The fraction of sp³-hybridized carbons (Fsp3) is 0.381. The smallest absolute Gasteiger partial charge is 0.395 e. The molecule has 0 bridgehead atoms. The maximum Gasteiger partial charge on any atom is 0.519 e. The number of ether oxygens (including phenoxy) is 2. The number of rotatable bonds is 2. The highest BCUT2D eigenvalue weighted by Gasteiger charge is 2.29. The SMILES string of the molecule is CC(C)(C)c1cccc(OC(=O)Oc2ccccc2)c1C(C)(C)C. The van der Waals surface area contributed by atoms with Crippen LogP contribution in [0.4, 0.5) is 4.79 Å². The Kier molecular flexibility index (Phi) is 5.02. The summed E-state index contributed by atoms with van der Waals surface area (Å²) in [6.07, 6.45) is -0.724. The average Bonchev–Trinajstić information content (AvgIpc) is 2.45. The van der Waals surface area contributed by atoms with Crippen LogP contribution in [0.3, 0.4) is 0 Å². The summed E-state index contributed by atoms with van der Waals surface area (Å²) in [4.78, 5) is 12.2. The topological polar surface area (TPSA) is 35.5 Å². The molecule has 2 aromatic carbocycles. The van der Waals surface area contributed by atoms with E-state index in [1.165, 1.54) is 5.56 Å². The van der Waals surface area contributed by atoms with Gasteiger partial charge in [-0.15, -0.1) is 0 Å². The van der Waals surface area contributed by atoms with E-state index in [1.807, 2.05) is 30.3 Å². The fourth-order valence-corrected chi connectivity index (χ4v) is 2.71. The van der Waals surface area contributed by atoms with Gasteiger partial charge in [-0.2, -0.15) is 0 Å². The first-order chi connectivity index (χ1) is 11.1. The molecule has 3 heteroatoms. The third-order valence-electron chi connectivity index (χ3n) is 3.72. The third kappa shape index (κ3) is 4.38. The van der Waals surface area contributed by atoms with Crippen molar-refractivity contribution in [2.24, 2.45) is 0 Å². The Bertz CT molecular complexity index is 704. The minimum Gasteiger partial charge on any atom is -0.395 e. The minimum atomic E-state index is -0.724. The number of para-hydroxylation sites is 1. The van der Waals surface area contributed by atoms with Crippen molar-refractivity contribution in [1.29, 1.82) is 0 Å². The molecule has 24 heavy (non-hydrogen) atoms. The first-order valence-corrected chi connectivity index (χ1v) is 8.18. The van der Waals surface area contributed by atoms with E-state index in [0.717, 1.165) is 5.56 Å². The minimum absolute atomic E-state index is 0.0503. The highest BCUT2D eigenvalue weighted by Crippen LogP contribution is 2.39. The molecule has 0 unspecified atom stereocenters. The van der Waals surface area contributed by atoms with Crippen LogP contribution in [-0.2, 0) is 10.8 Å². The lowest BCUT2D eigenvalue weighted by Crippen LogP contribution is -2.24. The van der Waals surface area contributed by atoms with Crippen molar-refractivity contribution < 1.29 is 14.3 Å². The number of carbonyl (C=O) groups excluding carboxylic acids is 1. The molecule has 0 N–H and O–H groups in total. The van der Waals surface area contributed by atoms with Crippen LogP contribution >= 0.6 is 0 Å². The maximum atomic E-state index is 12.2. The summed E-state index contributed by atoms with van der Waals surface area (Å²) >= 11 is 0. The summed E-state index contributed by atoms with van der Waals surface area (Å²) in [7, 11) is 0. The van der Waals surface area contributed by atoms with Crippen molar-refractivity contribution in [1.82, 2.24) is 0 Å². The molecule has 2 aromatic rings. The second-order valence-electron chi connectivity index (χ2n) is 7.95. The normalized spacial score (nSPS) is 11.9. The molecule has 128 valence electrons. The van der Waals surface area contributed by atoms with Crippen LogP contribution in [0, 0.1) is 0 Å². The van der Waals surface area contributed by atoms with E-state index in [9.17, 15) is 4.79 Å². The van der Waals surface area contributed by atoms with Gasteiger partial charge in [0.15, 0.2) is 0 Å². The van der Waals surface area contributed by atoms with E-state index in [1.54, 1.807) is 12.1 Å². The summed E-state index contributed by atoms with van der Waals surface area (Å²) in [6.45, 7) is 12.8. The second-order valence-corrected chi connectivity index (χ2v) is 7.95. The Balaban J connectivity index is 2.35. The first kappa shape index (κ1) is 18.1. The Hall–Kier alpha value is -2.29. The van der Waals surface area contributed by atoms with E-state index in [-0.39, 0.29) is 10.8 Å². The zero-order valence-corrected chi connectivity index (χ0v) is 15.3. The predicted molar refractivity (Wildman–Crippen MR) is 96.9 cm³/mol. The van der Waals surface area contributed by atoms with Gasteiger partial charge < -0.3 is 9.47 Å². The summed E-state index contributed by atoms with van der Waals surface area (Å²) in [5, 5.41) is 0. The summed E-state index contributed by atoms with van der Waals surface area (Å²) in [5.41, 5.74) is 1.99. The number of hydrogen-bond acceptors (Lipinski definition) is 3. The van der Waals surface area contributed by atoms with Gasteiger partial charge in [0.1, 0.15) is 11.5 Å². The number of hydrogen-bond donors (Lipinski definition) is 0. The van der Waals surface area contributed by atoms with Crippen LogP contribution in [0.15, 0.2) is 48.5 Å². The molecular weight excluding hydrogens is 300 g/mol. The Morgan fingerprint density at radius 3 is 1.92 bits per heavy atom. The summed E-state index contributed by atoms with van der Waals surface area (Å²) in [5.74, 6) is 1.02. The Morgan fingerprint density at radius 1 is 0.750 bits per heavy atom. The lowest BCUT2D eigenvalue weighted by molar-refractivity contribution is 0.151. The molecule has 0 heterocycles. The van der Waals surface area contributed by atoms with E-state index in [4.69, 9.17) is 9.47 Å². The van der Waals surface area contributed by atoms with E-state index < -0.39 is 6.16 Å². The summed E-state index contributed by atoms with van der Waals surface area (Å²) < 4.78 is 10.8. The zero-order chi connectivity index (χ0) is 18.0. The Labute approximate surface area is 144 Å².